The molecule has 1 unspecified atom stereocenters. The molecule has 0 heterocycles. The Morgan fingerprint density at radius 2 is 2.15 bits per heavy atom. The Hall–Kier alpha value is -0.530. The van der Waals surface area contributed by atoms with E-state index in [1.54, 1.807) is 0 Å². The molecular formula is C11H14ClN. The van der Waals surface area contributed by atoms with Gasteiger partial charge in [-0.15, -0.1) is 0 Å². The Morgan fingerprint density at radius 3 is 2.69 bits per heavy atom. The Kier molecular flexibility index (Phi) is 2.09. The van der Waals surface area contributed by atoms with Gasteiger partial charge in [0.25, 0.3) is 0 Å². The molecule has 1 aliphatic carbocycles. The van der Waals surface area contributed by atoms with Crippen molar-refractivity contribution in [2.24, 2.45) is 11.1 Å². The van der Waals surface area contributed by atoms with Crippen LogP contribution in [-0.2, 0) is 0 Å². The van der Waals surface area contributed by atoms with Crippen molar-refractivity contribution in [1.29, 1.82) is 0 Å². The maximum absolute atomic E-state index is 6.14. The van der Waals surface area contributed by atoms with Gasteiger partial charge in [0.2, 0.25) is 0 Å². The summed E-state index contributed by atoms with van der Waals surface area (Å²) >= 11 is 5.90. The van der Waals surface area contributed by atoms with E-state index in [0.717, 1.165) is 10.6 Å². The fourth-order valence-corrected chi connectivity index (χ4v) is 1.81. The molecule has 1 atom stereocenters. The van der Waals surface area contributed by atoms with Crippen LogP contribution in [0.5, 0.6) is 0 Å². The number of hydrogen-bond donors (Lipinski definition) is 1. The summed E-state index contributed by atoms with van der Waals surface area (Å²) in [4.78, 5) is 0. The molecule has 0 aliphatic heterocycles. The second-order valence-electron chi connectivity index (χ2n) is 4.19. The lowest BCUT2D eigenvalue weighted by Gasteiger charge is -2.19. The molecule has 2 N–H and O–H groups in total. The van der Waals surface area contributed by atoms with Crippen LogP contribution in [0.25, 0.3) is 0 Å². The molecule has 2 heteroatoms. The van der Waals surface area contributed by atoms with Crippen molar-refractivity contribution in [3.05, 3.63) is 34.9 Å². The van der Waals surface area contributed by atoms with Crippen LogP contribution in [0, 0.1) is 5.41 Å². The van der Waals surface area contributed by atoms with Gasteiger partial charge in [0.05, 0.1) is 0 Å². The molecule has 1 aromatic carbocycles. The molecule has 0 aromatic heterocycles. The van der Waals surface area contributed by atoms with Gasteiger partial charge in [0.15, 0.2) is 0 Å². The minimum absolute atomic E-state index is 0.145. The number of rotatable bonds is 2. The van der Waals surface area contributed by atoms with E-state index >= 15 is 0 Å². The summed E-state index contributed by atoms with van der Waals surface area (Å²) in [6, 6.07) is 8.01. The number of hydrogen-bond acceptors (Lipinski definition) is 1. The minimum atomic E-state index is 0.145. The van der Waals surface area contributed by atoms with Gasteiger partial charge in [0, 0.05) is 11.1 Å². The first-order valence-corrected chi connectivity index (χ1v) is 5.01. The molecule has 0 amide bonds. The zero-order valence-corrected chi connectivity index (χ0v) is 8.51. The lowest BCUT2D eigenvalue weighted by molar-refractivity contribution is 0.451. The van der Waals surface area contributed by atoms with Gasteiger partial charge in [-0.1, -0.05) is 30.7 Å². The SMILES string of the molecule is CC1(C(N)c2cccc(Cl)c2)CC1. The third-order valence-electron chi connectivity index (χ3n) is 3.00. The van der Waals surface area contributed by atoms with Gasteiger partial charge < -0.3 is 5.73 Å². The second kappa shape index (κ2) is 3.00. The van der Waals surface area contributed by atoms with Gasteiger partial charge in [-0.3, -0.25) is 0 Å². The smallest absolute Gasteiger partial charge is 0.0409 e. The molecule has 13 heavy (non-hydrogen) atoms. The number of nitrogens with two attached hydrogens (primary N) is 1. The number of benzene rings is 1. The summed E-state index contributed by atoms with van der Waals surface area (Å²) < 4.78 is 0. The summed E-state index contributed by atoms with van der Waals surface area (Å²) in [5, 5.41) is 0.775. The van der Waals surface area contributed by atoms with Crippen LogP contribution >= 0.6 is 11.6 Å². The van der Waals surface area contributed by atoms with Crippen LogP contribution in [0.1, 0.15) is 31.4 Å². The van der Waals surface area contributed by atoms with Gasteiger partial charge in [0.1, 0.15) is 0 Å². The zero-order chi connectivity index (χ0) is 9.47. The maximum atomic E-state index is 6.14. The topological polar surface area (TPSA) is 26.0 Å². The first-order chi connectivity index (χ1) is 6.12. The minimum Gasteiger partial charge on any atom is -0.323 e. The molecule has 1 saturated carbocycles. The maximum Gasteiger partial charge on any atom is 0.0409 e. The van der Waals surface area contributed by atoms with E-state index in [2.05, 4.69) is 13.0 Å². The van der Waals surface area contributed by atoms with E-state index in [9.17, 15) is 0 Å². The van der Waals surface area contributed by atoms with Gasteiger partial charge in [-0.05, 0) is 36.0 Å². The van der Waals surface area contributed by atoms with Crippen LogP contribution in [0.15, 0.2) is 24.3 Å². The highest BCUT2D eigenvalue weighted by molar-refractivity contribution is 6.30. The second-order valence-corrected chi connectivity index (χ2v) is 4.62. The van der Waals surface area contributed by atoms with Crippen LogP contribution in [0.4, 0.5) is 0 Å². The molecule has 0 saturated heterocycles. The lowest BCUT2D eigenvalue weighted by Crippen LogP contribution is -2.19. The Morgan fingerprint density at radius 1 is 1.46 bits per heavy atom. The highest BCUT2D eigenvalue weighted by Gasteiger charge is 2.43. The molecule has 1 nitrogen and oxygen atoms in total. The largest absolute Gasteiger partial charge is 0.323 e. The van der Waals surface area contributed by atoms with Crippen LogP contribution < -0.4 is 5.73 Å². The molecule has 0 spiro atoms. The summed E-state index contributed by atoms with van der Waals surface area (Å²) in [6.07, 6.45) is 2.47. The standard InChI is InChI=1S/C11H14ClN/c1-11(5-6-11)10(13)8-3-2-4-9(12)7-8/h2-4,7,10H,5-6,13H2,1H3. The third-order valence-corrected chi connectivity index (χ3v) is 3.23. The summed E-state index contributed by atoms with van der Waals surface area (Å²) in [7, 11) is 0. The van der Waals surface area contributed by atoms with Crippen molar-refractivity contribution >= 4 is 11.6 Å². The molecule has 0 radical (unpaired) electrons. The third kappa shape index (κ3) is 1.72. The van der Waals surface area contributed by atoms with Gasteiger partial charge >= 0.3 is 0 Å². The van der Waals surface area contributed by atoms with Crippen LogP contribution in [-0.4, -0.2) is 0 Å². The van der Waals surface area contributed by atoms with Crippen LogP contribution in [0.2, 0.25) is 5.02 Å². The quantitative estimate of drug-likeness (QED) is 0.771. The highest BCUT2D eigenvalue weighted by Crippen LogP contribution is 2.53. The van der Waals surface area contributed by atoms with E-state index in [1.807, 2.05) is 18.2 Å². The molecule has 1 fully saturated rings. The van der Waals surface area contributed by atoms with Gasteiger partial charge in [-0.2, -0.15) is 0 Å². The van der Waals surface area contributed by atoms with Crippen molar-refractivity contribution in [3.63, 3.8) is 0 Å². The van der Waals surface area contributed by atoms with Crippen molar-refractivity contribution in [2.45, 2.75) is 25.8 Å². The molecule has 70 valence electrons. The number of halogens is 1. The van der Waals surface area contributed by atoms with Crippen LogP contribution in [0.3, 0.4) is 0 Å². The van der Waals surface area contributed by atoms with Gasteiger partial charge in [-0.25, -0.2) is 0 Å². The Balaban J connectivity index is 2.25. The van der Waals surface area contributed by atoms with E-state index in [-0.39, 0.29) is 6.04 Å². The normalized spacial score (nSPS) is 21.2. The average molecular weight is 196 g/mol. The summed E-state index contributed by atoms with van der Waals surface area (Å²) in [5.41, 5.74) is 7.63. The van der Waals surface area contributed by atoms with E-state index in [1.165, 1.54) is 12.8 Å². The van der Waals surface area contributed by atoms with E-state index < -0.39 is 0 Å². The lowest BCUT2D eigenvalue weighted by atomic mass is 9.93. The molecular weight excluding hydrogens is 182 g/mol. The fraction of sp³-hybridized carbons (Fsp3) is 0.455. The predicted molar refractivity (Wildman–Crippen MR) is 55.7 cm³/mol. The van der Waals surface area contributed by atoms with Crippen molar-refractivity contribution < 1.29 is 0 Å². The van der Waals surface area contributed by atoms with Crippen molar-refractivity contribution in [3.8, 4) is 0 Å². The highest BCUT2D eigenvalue weighted by atomic mass is 35.5. The first-order valence-electron chi connectivity index (χ1n) is 4.63. The van der Waals surface area contributed by atoms with Crippen molar-refractivity contribution in [1.82, 2.24) is 0 Å². The monoisotopic (exact) mass is 195 g/mol. The van der Waals surface area contributed by atoms with E-state index in [0.29, 0.717) is 5.41 Å². The molecule has 2 rings (SSSR count). The summed E-state index contributed by atoms with van der Waals surface area (Å²) in [5.74, 6) is 0. The summed E-state index contributed by atoms with van der Waals surface area (Å²) in [6.45, 7) is 2.23. The Bertz CT molecular complexity index is 318. The average Bonchev–Trinajstić information content (AvgIpc) is 2.84. The van der Waals surface area contributed by atoms with E-state index in [4.69, 9.17) is 17.3 Å². The predicted octanol–water partition coefficient (Wildman–Crippen LogP) is 3.14. The molecule has 0 bridgehead atoms. The van der Waals surface area contributed by atoms with Crippen molar-refractivity contribution in [2.75, 3.05) is 0 Å². The fourth-order valence-electron chi connectivity index (χ4n) is 1.61. The first kappa shape index (κ1) is 9.04. The molecule has 1 aromatic rings. The Labute approximate surface area is 83.9 Å². The molecule has 1 aliphatic rings. The zero-order valence-electron chi connectivity index (χ0n) is 7.76.